The first-order valence-electron chi connectivity index (χ1n) is 5.46. The number of rotatable bonds is 4. The maximum Gasteiger partial charge on any atom is 0.319 e. The Balaban J connectivity index is 2.27. The lowest BCUT2D eigenvalue weighted by molar-refractivity contribution is -0.149. The van der Waals surface area contributed by atoms with Crippen molar-refractivity contribution in [1.29, 1.82) is 0 Å². The summed E-state index contributed by atoms with van der Waals surface area (Å²) in [4.78, 5) is 22.9. The van der Waals surface area contributed by atoms with Gasteiger partial charge in [-0.25, -0.2) is 0 Å². The molecule has 0 bridgehead atoms. The summed E-state index contributed by atoms with van der Waals surface area (Å²) in [6.45, 7) is 7.25. The summed E-state index contributed by atoms with van der Waals surface area (Å²) in [6, 6.07) is 0. The molecule has 2 atom stereocenters. The molecule has 0 aromatic heterocycles. The van der Waals surface area contributed by atoms with Crippen LogP contribution < -0.4 is 0 Å². The average Bonchev–Trinajstić information content (AvgIpc) is 1.96. The summed E-state index contributed by atoms with van der Waals surface area (Å²) in [5.41, 5.74) is 0. The number of carbonyl (C=O) groups is 2. The minimum absolute atomic E-state index is 0.102. The van der Waals surface area contributed by atoms with Gasteiger partial charge in [-0.3, -0.25) is 9.59 Å². The number of hydrogen-bond acceptors (Lipinski definition) is 5. The van der Waals surface area contributed by atoms with E-state index in [9.17, 15) is 9.59 Å². The summed E-state index contributed by atoms with van der Waals surface area (Å²) < 4.78 is 10.1. The Bertz CT molecular complexity index is 243. The van der Waals surface area contributed by atoms with Gasteiger partial charge in [0.2, 0.25) is 0 Å². The normalized spacial score (nSPS) is 24.1. The second-order valence-electron chi connectivity index (χ2n) is 4.32. The fourth-order valence-electron chi connectivity index (χ4n) is 1.30. The number of thioether (sulfide) groups is 1. The first-order chi connectivity index (χ1) is 7.40. The lowest BCUT2D eigenvalue weighted by atomic mass is 10.2. The molecule has 1 aliphatic heterocycles. The predicted molar refractivity (Wildman–Crippen MR) is 62.2 cm³/mol. The van der Waals surface area contributed by atoms with Gasteiger partial charge in [0.1, 0.15) is 10.5 Å². The Morgan fingerprint density at radius 1 is 1.00 bits per heavy atom. The van der Waals surface area contributed by atoms with Crippen molar-refractivity contribution in [2.45, 2.75) is 56.8 Å². The Labute approximate surface area is 100 Å². The molecule has 0 aromatic carbocycles. The van der Waals surface area contributed by atoms with Crippen LogP contribution in [0.4, 0.5) is 0 Å². The van der Waals surface area contributed by atoms with E-state index in [-0.39, 0.29) is 34.6 Å². The molecule has 0 spiro atoms. The summed E-state index contributed by atoms with van der Waals surface area (Å²) in [5.74, 6) is -0.456. The van der Waals surface area contributed by atoms with Gasteiger partial charge in [0.15, 0.2) is 0 Å². The van der Waals surface area contributed by atoms with Crippen LogP contribution in [0.1, 0.15) is 34.1 Å². The molecule has 1 fully saturated rings. The van der Waals surface area contributed by atoms with E-state index in [0.717, 1.165) is 0 Å². The maximum absolute atomic E-state index is 11.4. The third-order valence-corrected chi connectivity index (χ3v) is 3.41. The Morgan fingerprint density at radius 2 is 1.31 bits per heavy atom. The Hall–Kier alpha value is -0.710. The van der Waals surface area contributed by atoms with E-state index < -0.39 is 0 Å². The average molecular weight is 246 g/mol. The number of hydrogen-bond donors (Lipinski definition) is 0. The molecule has 0 N–H and O–H groups in total. The highest BCUT2D eigenvalue weighted by Crippen LogP contribution is 2.38. The standard InChI is InChI=1S/C11H18O4S/c1-6(2)14-10(12)8-5-9(16-8)11(13)15-7(3)4/h6-9H,5H2,1-4H3/t8-,9-/m0/s1. The minimum atomic E-state index is -0.228. The highest BCUT2D eigenvalue weighted by atomic mass is 32.2. The number of carbonyl (C=O) groups excluding carboxylic acids is 2. The molecule has 1 saturated heterocycles. The first-order valence-corrected chi connectivity index (χ1v) is 6.41. The fourth-order valence-corrected chi connectivity index (χ4v) is 2.28. The van der Waals surface area contributed by atoms with E-state index in [0.29, 0.717) is 6.42 Å². The van der Waals surface area contributed by atoms with E-state index in [1.165, 1.54) is 11.8 Å². The summed E-state index contributed by atoms with van der Waals surface area (Å²) in [5, 5.41) is -0.403. The minimum Gasteiger partial charge on any atom is -0.462 e. The molecule has 0 aliphatic carbocycles. The molecule has 0 radical (unpaired) electrons. The van der Waals surface area contributed by atoms with Crippen molar-refractivity contribution in [2.75, 3.05) is 0 Å². The van der Waals surface area contributed by atoms with Gasteiger partial charge in [-0.05, 0) is 34.1 Å². The number of ether oxygens (including phenoxy) is 2. The SMILES string of the molecule is CC(C)OC(=O)[C@@H]1C[C@@H](C(=O)OC(C)C)S1. The van der Waals surface area contributed by atoms with Crippen LogP contribution >= 0.6 is 11.8 Å². The quantitative estimate of drug-likeness (QED) is 0.707. The van der Waals surface area contributed by atoms with Crippen LogP contribution in [0.15, 0.2) is 0 Å². The molecule has 0 saturated carbocycles. The van der Waals surface area contributed by atoms with Crippen molar-refractivity contribution < 1.29 is 19.1 Å². The molecule has 92 valence electrons. The van der Waals surface area contributed by atoms with Gasteiger partial charge < -0.3 is 9.47 Å². The van der Waals surface area contributed by atoms with E-state index in [4.69, 9.17) is 9.47 Å². The fraction of sp³-hybridized carbons (Fsp3) is 0.818. The molecule has 16 heavy (non-hydrogen) atoms. The van der Waals surface area contributed by atoms with Crippen molar-refractivity contribution in [2.24, 2.45) is 0 Å². The van der Waals surface area contributed by atoms with E-state index in [1.54, 1.807) is 0 Å². The van der Waals surface area contributed by atoms with Gasteiger partial charge in [0.25, 0.3) is 0 Å². The van der Waals surface area contributed by atoms with Crippen LogP contribution in [0.2, 0.25) is 0 Å². The highest BCUT2D eigenvalue weighted by molar-refractivity contribution is 8.03. The number of esters is 2. The molecule has 0 amide bonds. The van der Waals surface area contributed by atoms with Gasteiger partial charge >= 0.3 is 11.9 Å². The lowest BCUT2D eigenvalue weighted by Crippen LogP contribution is -2.41. The van der Waals surface area contributed by atoms with Gasteiger partial charge in [0.05, 0.1) is 12.2 Å². The molecule has 0 aromatic rings. The Morgan fingerprint density at radius 3 is 1.56 bits per heavy atom. The van der Waals surface area contributed by atoms with E-state index in [1.807, 2.05) is 27.7 Å². The van der Waals surface area contributed by atoms with E-state index >= 15 is 0 Å². The van der Waals surface area contributed by atoms with Crippen LogP contribution in [-0.2, 0) is 19.1 Å². The maximum atomic E-state index is 11.4. The zero-order chi connectivity index (χ0) is 12.3. The van der Waals surface area contributed by atoms with Gasteiger partial charge in [-0.1, -0.05) is 0 Å². The van der Waals surface area contributed by atoms with Crippen molar-refractivity contribution in [3.63, 3.8) is 0 Å². The second kappa shape index (κ2) is 5.57. The van der Waals surface area contributed by atoms with Crippen LogP contribution in [0.3, 0.4) is 0 Å². The van der Waals surface area contributed by atoms with Crippen LogP contribution in [0.5, 0.6) is 0 Å². The van der Waals surface area contributed by atoms with Gasteiger partial charge in [-0.2, -0.15) is 0 Å². The van der Waals surface area contributed by atoms with E-state index in [2.05, 4.69) is 0 Å². The monoisotopic (exact) mass is 246 g/mol. The first kappa shape index (κ1) is 13.4. The molecule has 4 nitrogen and oxygen atoms in total. The van der Waals surface area contributed by atoms with Gasteiger partial charge in [0, 0.05) is 0 Å². The largest absolute Gasteiger partial charge is 0.462 e. The van der Waals surface area contributed by atoms with Crippen LogP contribution in [-0.4, -0.2) is 34.6 Å². The lowest BCUT2D eigenvalue weighted by Gasteiger charge is -2.32. The molecular weight excluding hydrogens is 228 g/mol. The molecule has 0 unspecified atom stereocenters. The van der Waals surface area contributed by atoms with Crippen molar-refractivity contribution in [3.8, 4) is 0 Å². The van der Waals surface area contributed by atoms with Gasteiger partial charge in [-0.15, -0.1) is 11.8 Å². The topological polar surface area (TPSA) is 52.6 Å². The third kappa shape index (κ3) is 3.70. The van der Waals surface area contributed by atoms with Crippen molar-refractivity contribution in [3.05, 3.63) is 0 Å². The smallest absolute Gasteiger partial charge is 0.319 e. The summed E-state index contributed by atoms with van der Waals surface area (Å²) in [7, 11) is 0. The molecule has 1 rings (SSSR count). The highest BCUT2D eigenvalue weighted by Gasteiger charge is 2.42. The third-order valence-electron chi connectivity index (χ3n) is 1.99. The molecular formula is C11H18O4S. The molecule has 1 heterocycles. The van der Waals surface area contributed by atoms with Crippen molar-refractivity contribution >= 4 is 23.7 Å². The summed E-state index contributed by atoms with van der Waals surface area (Å²) >= 11 is 1.32. The summed E-state index contributed by atoms with van der Waals surface area (Å²) in [6.07, 6.45) is 0.325. The predicted octanol–water partition coefficient (Wildman–Crippen LogP) is 1.76. The Kier molecular flexibility index (Phi) is 4.65. The van der Waals surface area contributed by atoms with Crippen LogP contribution in [0.25, 0.3) is 0 Å². The van der Waals surface area contributed by atoms with Crippen LogP contribution in [0, 0.1) is 0 Å². The second-order valence-corrected chi connectivity index (χ2v) is 5.73. The zero-order valence-corrected chi connectivity index (χ0v) is 10.9. The zero-order valence-electron chi connectivity index (χ0n) is 10.1. The van der Waals surface area contributed by atoms with Crippen molar-refractivity contribution in [1.82, 2.24) is 0 Å². The molecule has 5 heteroatoms. The molecule has 1 aliphatic rings.